The number of aliphatic hydroxyl groups excluding tert-OH is 1. The summed E-state index contributed by atoms with van der Waals surface area (Å²) in [6.45, 7) is 5.80. The maximum absolute atomic E-state index is 12.3. The molecule has 21 heavy (non-hydrogen) atoms. The molecule has 1 amide bonds. The summed E-state index contributed by atoms with van der Waals surface area (Å²) in [6, 6.07) is 8.16. The van der Waals surface area contributed by atoms with Gasteiger partial charge in [0.15, 0.2) is 0 Å². The summed E-state index contributed by atoms with van der Waals surface area (Å²) in [5.74, 6) is 0.114. The van der Waals surface area contributed by atoms with E-state index in [0.29, 0.717) is 13.1 Å². The molecule has 0 spiro atoms. The molecule has 0 radical (unpaired) electrons. The quantitative estimate of drug-likeness (QED) is 0.752. The third-order valence-electron chi connectivity index (χ3n) is 4.15. The average Bonchev–Trinajstić information content (AvgIpc) is 2.50. The summed E-state index contributed by atoms with van der Waals surface area (Å²) in [5, 5.41) is 15.3. The van der Waals surface area contributed by atoms with Crippen LogP contribution in [0.5, 0.6) is 0 Å². The second-order valence-electron chi connectivity index (χ2n) is 6.65. The molecule has 0 bridgehead atoms. The molecule has 1 atom stereocenters. The summed E-state index contributed by atoms with van der Waals surface area (Å²) in [5.41, 5.74) is 2.38. The van der Waals surface area contributed by atoms with Gasteiger partial charge in [0.1, 0.15) is 0 Å². The van der Waals surface area contributed by atoms with Crippen LogP contribution in [-0.4, -0.2) is 30.7 Å². The second-order valence-corrected chi connectivity index (χ2v) is 6.65. The van der Waals surface area contributed by atoms with Crippen molar-refractivity contribution in [1.29, 1.82) is 0 Å². The zero-order valence-electron chi connectivity index (χ0n) is 13.0. The summed E-state index contributed by atoms with van der Waals surface area (Å²) in [6.07, 6.45) is 2.49. The lowest BCUT2D eigenvalue weighted by Crippen LogP contribution is -2.42. The van der Waals surface area contributed by atoms with Gasteiger partial charge in [0, 0.05) is 25.4 Å². The standard InChI is InChI=1S/C17H26N2O2/c1-17(2,8-5-9-20)12-19-16(21)14-10-13-6-3-4-7-15(13)18-11-14/h3-4,6-7,14,18,20H,5,8-12H2,1-2H3,(H,19,21). The van der Waals surface area contributed by atoms with Crippen LogP contribution in [0.2, 0.25) is 0 Å². The number of amides is 1. The first kappa shape index (κ1) is 15.8. The molecule has 4 heteroatoms. The molecule has 0 aromatic heterocycles. The van der Waals surface area contributed by atoms with Crippen LogP contribution >= 0.6 is 0 Å². The lowest BCUT2D eigenvalue weighted by molar-refractivity contribution is -0.125. The van der Waals surface area contributed by atoms with E-state index in [1.807, 2.05) is 12.1 Å². The molecule has 1 aliphatic heterocycles. The van der Waals surface area contributed by atoms with Crippen LogP contribution in [0, 0.1) is 11.3 Å². The molecule has 1 unspecified atom stereocenters. The van der Waals surface area contributed by atoms with Crippen LogP contribution in [-0.2, 0) is 11.2 Å². The van der Waals surface area contributed by atoms with Crippen molar-refractivity contribution >= 4 is 11.6 Å². The number of aliphatic hydroxyl groups is 1. The van der Waals surface area contributed by atoms with Gasteiger partial charge in [-0.15, -0.1) is 0 Å². The monoisotopic (exact) mass is 290 g/mol. The SMILES string of the molecule is CC(C)(CCCO)CNC(=O)C1CNc2ccccc2C1. The highest BCUT2D eigenvalue weighted by Gasteiger charge is 2.26. The zero-order chi connectivity index (χ0) is 15.3. The van der Waals surface area contributed by atoms with Gasteiger partial charge in [0.05, 0.1) is 5.92 Å². The van der Waals surface area contributed by atoms with Crippen LogP contribution in [0.3, 0.4) is 0 Å². The fraction of sp³-hybridized carbons (Fsp3) is 0.588. The second kappa shape index (κ2) is 6.94. The van der Waals surface area contributed by atoms with Crippen molar-refractivity contribution < 1.29 is 9.90 Å². The van der Waals surface area contributed by atoms with E-state index in [4.69, 9.17) is 5.11 Å². The number of anilines is 1. The van der Waals surface area contributed by atoms with Crippen molar-refractivity contribution in [3.63, 3.8) is 0 Å². The third-order valence-corrected chi connectivity index (χ3v) is 4.15. The van der Waals surface area contributed by atoms with Crippen molar-refractivity contribution in [2.45, 2.75) is 33.1 Å². The van der Waals surface area contributed by atoms with Crippen LogP contribution < -0.4 is 10.6 Å². The number of hydrogen-bond acceptors (Lipinski definition) is 3. The molecule has 1 aromatic carbocycles. The van der Waals surface area contributed by atoms with Gasteiger partial charge in [-0.2, -0.15) is 0 Å². The molecular weight excluding hydrogens is 264 g/mol. The lowest BCUT2D eigenvalue weighted by Gasteiger charge is -2.28. The van der Waals surface area contributed by atoms with E-state index in [1.165, 1.54) is 5.56 Å². The van der Waals surface area contributed by atoms with Gasteiger partial charge < -0.3 is 15.7 Å². The number of hydrogen-bond donors (Lipinski definition) is 3. The highest BCUT2D eigenvalue weighted by Crippen LogP contribution is 2.25. The van der Waals surface area contributed by atoms with Gasteiger partial charge in [-0.1, -0.05) is 32.0 Å². The first-order valence-electron chi connectivity index (χ1n) is 7.72. The Balaban J connectivity index is 1.85. The first-order valence-corrected chi connectivity index (χ1v) is 7.72. The van der Waals surface area contributed by atoms with Crippen LogP contribution in [0.25, 0.3) is 0 Å². The van der Waals surface area contributed by atoms with Crippen molar-refractivity contribution in [3.8, 4) is 0 Å². The van der Waals surface area contributed by atoms with Gasteiger partial charge in [-0.3, -0.25) is 4.79 Å². The van der Waals surface area contributed by atoms with E-state index < -0.39 is 0 Å². The van der Waals surface area contributed by atoms with Crippen molar-refractivity contribution in [2.24, 2.45) is 11.3 Å². The molecular formula is C17H26N2O2. The van der Waals surface area contributed by atoms with Crippen molar-refractivity contribution in [3.05, 3.63) is 29.8 Å². The van der Waals surface area contributed by atoms with E-state index >= 15 is 0 Å². The Hall–Kier alpha value is -1.55. The molecule has 3 N–H and O–H groups in total. The van der Waals surface area contributed by atoms with E-state index in [1.54, 1.807) is 0 Å². The summed E-state index contributed by atoms with van der Waals surface area (Å²) in [7, 11) is 0. The maximum atomic E-state index is 12.3. The smallest absolute Gasteiger partial charge is 0.225 e. The molecule has 0 saturated carbocycles. The third kappa shape index (κ3) is 4.46. The number of nitrogens with one attached hydrogen (secondary N) is 2. The van der Waals surface area contributed by atoms with Gasteiger partial charge in [-0.05, 0) is 36.3 Å². The van der Waals surface area contributed by atoms with E-state index in [2.05, 4.69) is 36.6 Å². The Bertz CT molecular complexity index is 485. The van der Waals surface area contributed by atoms with Gasteiger partial charge in [0.25, 0.3) is 0 Å². The van der Waals surface area contributed by atoms with Crippen molar-refractivity contribution in [2.75, 3.05) is 25.0 Å². The number of carbonyl (C=O) groups excluding carboxylic acids is 1. The van der Waals surface area contributed by atoms with Gasteiger partial charge in [-0.25, -0.2) is 0 Å². The average molecular weight is 290 g/mol. The lowest BCUT2D eigenvalue weighted by atomic mass is 9.87. The number of carbonyl (C=O) groups is 1. The molecule has 116 valence electrons. The number of fused-ring (bicyclic) bond motifs is 1. The fourth-order valence-electron chi connectivity index (χ4n) is 2.74. The van der Waals surface area contributed by atoms with Gasteiger partial charge >= 0.3 is 0 Å². The maximum Gasteiger partial charge on any atom is 0.225 e. The normalized spacial score (nSPS) is 17.8. The number of benzene rings is 1. The number of rotatable bonds is 6. The summed E-state index contributed by atoms with van der Waals surface area (Å²) < 4.78 is 0. The molecule has 4 nitrogen and oxygen atoms in total. The fourth-order valence-corrected chi connectivity index (χ4v) is 2.74. The van der Waals surface area contributed by atoms with E-state index in [0.717, 1.165) is 24.9 Å². The predicted molar refractivity (Wildman–Crippen MR) is 85.2 cm³/mol. The van der Waals surface area contributed by atoms with Crippen molar-refractivity contribution in [1.82, 2.24) is 5.32 Å². The molecule has 0 saturated heterocycles. The number of para-hydroxylation sites is 1. The Kier molecular flexibility index (Phi) is 5.23. The predicted octanol–water partition coefficient (Wildman–Crippen LogP) is 2.19. The van der Waals surface area contributed by atoms with Crippen LogP contribution in [0.1, 0.15) is 32.3 Å². The summed E-state index contributed by atoms with van der Waals surface area (Å²) in [4.78, 5) is 12.3. The first-order chi connectivity index (χ1) is 10.0. The Labute approximate surface area is 126 Å². The van der Waals surface area contributed by atoms with E-state index in [9.17, 15) is 4.79 Å². The Morgan fingerprint density at radius 2 is 2.19 bits per heavy atom. The minimum atomic E-state index is -0.00598. The van der Waals surface area contributed by atoms with Gasteiger partial charge in [0.2, 0.25) is 5.91 Å². The highest BCUT2D eigenvalue weighted by atomic mass is 16.2. The summed E-state index contributed by atoms with van der Waals surface area (Å²) >= 11 is 0. The largest absolute Gasteiger partial charge is 0.396 e. The molecule has 1 aliphatic rings. The molecule has 1 heterocycles. The minimum absolute atomic E-state index is 0.00598. The Morgan fingerprint density at radius 1 is 1.43 bits per heavy atom. The minimum Gasteiger partial charge on any atom is -0.396 e. The zero-order valence-corrected chi connectivity index (χ0v) is 13.0. The van der Waals surface area contributed by atoms with E-state index in [-0.39, 0.29) is 23.8 Å². The Morgan fingerprint density at radius 3 is 2.95 bits per heavy atom. The highest BCUT2D eigenvalue weighted by molar-refractivity contribution is 5.80. The molecule has 2 rings (SSSR count). The van der Waals surface area contributed by atoms with Crippen LogP contribution in [0.4, 0.5) is 5.69 Å². The molecule has 0 fully saturated rings. The molecule has 0 aliphatic carbocycles. The topological polar surface area (TPSA) is 61.4 Å². The molecule has 1 aromatic rings. The van der Waals surface area contributed by atoms with Crippen LogP contribution in [0.15, 0.2) is 24.3 Å².